The van der Waals surface area contributed by atoms with E-state index in [1.807, 2.05) is 0 Å². The van der Waals surface area contributed by atoms with Crippen molar-refractivity contribution < 1.29 is 32.3 Å². The topological polar surface area (TPSA) is 54.4 Å². The van der Waals surface area contributed by atoms with E-state index in [1.54, 1.807) is 0 Å². The summed E-state index contributed by atoms with van der Waals surface area (Å²) in [6, 6.07) is 4.05. The monoisotopic (exact) mass is 282 g/mol. The number of halogens is 4. The summed E-state index contributed by atoms with van der Waals surface area (Å²) >= 11 is -0.0812. The molecule has 98 valence electrons. The van der Waals surface area contributed by atoms with Crippen LogP contribution in [0, 0.1) is 0 Å². The summed E-state index contributed by atoms with van der Waals surface area (Å²) in [5.41, 5.74) is -1.11. The number of hydrogen-bond donors (Lipinski definition) is 1. The zero-order valence-electron chi connectivity index (χ0n) is 8.57. The lowest BCUT2D eigenvalue weighted by Gasteiger charge is -2.11. The Labute approximate surface area is 103 Å². The van der Waals surface area contributed by atoms with Crippen LogP contribution in [-0.2, 0) is 15.8 Å². The van der Waals surface area contributed by atoms with Gasteiger partial charge in [0.1, 0.15) is 0 Å². The standard InChI is InChI=1S/C10H6F4O3S/c11-7(8(15)16)9(17)18-6-4-2-1-3-5(6)10(12,13)14/h1-4,7H,(H,15,16). The third-order valence-corrected chi connectivity index (χ3v) is 2.81. The fraction of sp³-hybridized carbons (Fsp3) is 0.200. The van der Waals surface area contributed by atoms with Gasteiger partial charge in [0.05, 0.1) is 5.56 Å². The molecule has 0 saturated heterocycles. The molecule has 3 nitrogen and oxygen atoms in total. The predicted octanol–water partition coefficient (Wildman–Crippen LogP) is 2.75. The SMILES string of the molecule is O=C(O)C(F)C(=O)Sc1ccccc1C(F)(F)F. The molecule has 0 aliphatic heterocycles. The van der Waals surface area contributed by atoms with Gasteiger partial charge in [-0.15, -0.1) is 0 Å². The van der Waals surface area contributed by atoms with E-state index < -0.39 is 33.9 Å². The van der Waals surface area contributed by atoms with Crippen molar-refractivity contribution in [3.8, 4) is 0 Å². The van der Waals surface area contributed by atoms with Crippen LogP contribution in [0.15, 0.2) is 29.2 Å². The Morgan fingerprint density at radius 2 is 1.78 bits per heavy atom. The van der Waals surface area contributed by atoms with Crippen LogP contribution in [0.3, 0.4) is 0 Å². The molecule has 0 spiro atoms. The van der Waals surface area contributed by atoms with Crippen molar-refractivity contribution in [3.05, 3.63) is 29.8 Å². The lowest BCUT2D eigenvalue weighted by molar-refractivity contribution is -0.145. The maximum absolute atomic E-state index is 12.8. The van der Waals surface area contributed by atoms with Crippen molar-refractivity contribution >= 4 is 22.8 Å². The van der Waals surface area contributed by atoms with Crippen LogP contribution in [0.1, 0.15) is 5.56 Å². The molecule has 1 N–H and O–H groups in total. The molecule has 0 radical (unpaired) electrons. The number of benzene rings is 1. The third kappa shape index (κ3) is 3.46. The molecule has 0 fully saturated rings. The number of alkyl halides is 4. The minimum Gasteiger partial charge on any atom is -0.479 e. The number of carboxylic acid groups (broad SMARTS) is 1. The summed E-state index contributed by atoms with van der Waals surface area (Å²) in [5, 5.41) is 6.73. The van der Waals surface area contributed by atoms with E-state index in [4.69, 9.17) is 5.11 Å². The van der Waals surface area contributed by atoms with Gasteiger partial charge in [0.15, 0.2) is 0 Å². The highest BCUT2D eigenvalue weighted by molar-refractivity contribution is 8.13. The summed E-state index contributed by atoms with van der Waals surface area (Å²) in [4.78, 5) is 20.7. The third-order valence-electron chi connectivity index (χ3n) is 1.83. The number of thioether (sulfide) groups is 1. The Morgan fingerprint density at radius 3 is 2.28 bits per heavy atom. The van der Waals surface area contributed by atoms with Crippen LogP contribution < -0.4 is 0 Å². The highest BCUT2D eigenvalue weighted by atomic mass is 32.2. The lowest BCUT2D eigenvalue weighted by Crippen LogP contribution is -2.22. The van der Waals surface area contributed by atoms with Crippen molar-refractivity contribution in [1.82, 2.24) is 0 Å². The second kappa shape index (κ2) is 5.38. The number of carbonyl (C=O) groups excluding carboxylic acids is 1. The largest absolute Gasteiger partial charge is 0.479 e. The lowest BCUT2D eigenvalue weighted by atomic mass is 10.2. The van der Waals surface area contributed by atoms with Crippen LogP contribution in [-0.4, -0.2) is 22.4 Å². The van der Waals surface area contributed by atoms with E-state index in [9.17, 15) is 27.2 Å². The van der Waals surface area contributed by atoms with Crippen molar-refractivity contribution in [2.75, 3.05) is 0 Å². The number of aliphatic carboxylic acids is 1. The zero-order valence-corrected chi connectivity index (χ0v) is 9.39. The van der Waals surface area contributed by atoms with Crippen molar-refractivity contribution in [2.45, 2.75) is 17.2 Å². The molecule has 0 aromatic heterocycles. The average molecular weight is 282 g/mol. The molecule has 8 heteroatoms. The number of hydrogen-bond acceptors (Lipinski definition) is 3. The molecule has 1 unspecified atom stereocenters. The maximum Gasteiger partial charge on any atom is 0.417 e. The van der Waals surface area contributed by atoms with E-state index in [0.29, 0.717) is 0 Å². The molecule has 0 bridgehead atoms. The number of carbonyl (C=O) groups is 2. The molecule has 0 heterocycles. The molecule has 0 amide bonds. The van der Waals surface area contributed by atoms with Gasteiger partial charge in [0.25, 0.3) is 6.17 Å². The van der Waals surface area contributed by atoms with Crippen LogP contribution in [0.4, 0.5) is 17.6 Å². The Hall–Kier alpha value is -1.57. The van der Waals surface area contributed by atoms with E-state index in [0.717, 1.165) is 18.2 Å². The highest BCUT2D eigenvalue weighted by Crippen LogP contribution is 2.37. The number of rotatable bonds is 3. The first-order valence-electron chi connectivity index (χ1n) is 4.48. The first kappa shape index (κ1) is 14.5. The molecule has 1 aromatic rings. The van der Waals surface area contributed by atoms with Gasteiger partial charge in [-0.1, -0.05) is 12.1 Å². The summed E-state index contributed by atoms with van der Waals surface area (Å²) in [6.45, 7) is 0. The molecule has 18 heavy (non-hydrogen) atoms. The minimum absolute atomic E-state index is 0.0812. The van der Waals surface area contributed by atoms with Crippen LogP contribution in [0.2, 0.25) is 0 Å². The quantitative estimate of drug-likeness (QED) is 0.526. The molecule has 1 atom stereocenters. The predicted molar refractivity (Wildman–Crippen MR) is 54.8 cm³/mol. The van der Waals surface area contributed by atoms with Crippen molar-refractivity contribution in [3.63, 3.8) is 0 Å². The van der Waals surface area contributed by atoms with Crippen LogP contribution >= 0.6 is 11.8 Å². The summed E-state index contributed by atoms with van der Waals surface area (Å²) < 4.78 is 50.4. The van der Waals surface area contributed by atoms with Gasteiger partial charge >= 0.3 is 12.1 Å². The second-order valence-electron chi connectivity index (χ2n) is 3.12. The van der Waals surface area contributed by atoms with E-state index in [2.05, 4.69) is 0 Å². The molecule has 0 aliphatic rings. The van der Waals surface area contributed by atoms with Crippen molar-refractivity contribution in [2.24, 2.45) is 0 Å². The van der Waals surface area contributed by atoms with Gasteiger partial charge < -0.3 is 5.11 Å². The Morgan fingerprint density at radius 1 is 1.22 bits per heavy atom. The number of carboxylic acids is 1. The molecule has 0 aliphatic carbocycles. The van der Waals surface area contributed by atoms with Gasteiger partial charge in [0.2, 0.25) is 5.12 Å². The van der Waals surface area contributed by atoms with Gasteiger partial charge in [-0.25, -0.2) is 9.18 Å². The zero-order chi connectivity index (χ0) is 13.9. The van der Waals surface area contributed by atoms with Gasteiger partial charge in [-0.2, -0.15) is 13.2 Å². The van der Waals surface area contributed by atoms with Gasteiger partial charge in [0, 0.05) is 4.90 Å². The van der Waals surface area contributed by atoms with Gasteiger partial charge in [-0.3, -0.25) is 4.79 Å². The average Bonchev–Trinajstić information content (AvgIpc) is 2.27. The smallest absolute Gasteiger partial charge is 0.417 e. The Kier molecular flexibility index (Phi) is 4.33. The van der Waals surface area contributed by atoms with Crippen LogP contribution in [0.25, 0.3) is 0 Å². The van der Waals surface area contributed by atoms with Crippen LogP contribution in [0.5, 0.6) is 0 Å². The highest BCUT2D eigenvalue weighted by Gasteiger charge is 2.35. The summed E-state index contributed by atoms with van der Waals surface area (Å²) in [5.74, 6) is -2.03. The fourth-order valence-electron chi connectivity index (χ4n) is 1.05. The van der Waals surface area contributed by atoms with E-state index in [-0.39, 0.29) is 11.8 Å². The van der Waals surface area contributed by atoms with E-state index >= 15 is 0 Å². The molecule has 0 saturated carbocycles. The normalized spacial score (nSPS) is 13.1. The molecular weight excluding hydrogens is 276 g/mol. The Balaban J connectivity index is 2.99. The van der Waals surface area contributed by atoms with Gasteiger partial charge in [-0.05, 0) is 23.9 Å². The maximum atomic E-state index is 12.8. The fourth-order valence-corrected chi connectivity index (χ4v) is 1.91. The minimum atomic E-state index is -4.70. The van der Waals surface area contributed by atoms with Crippen molar-refractivity contribution in [1.29, 1.82) is 0 Å². The first-order chi connectivity index (χ1) is 8.23. The molecular formula is C10H6F4O3S. The summed E-state index contributed by atoms with van der Waals surface area (Å²) in [6.07, 6.45) is -7.55. The first-order valence-corrected chi connectivity index (χ1v) is 5.30. The molecule has 1 rings (SSSR count). The second-order valence-corrected chi connectivity index (χ2v) is 4.16. The summed E-state index contributed by atoms with van der Waals surface area (Å²) in [7, 11) is 0. The Bertz CT molecular complexity index is 472. The molecule has 1 aromatic carbocycles. The van der Waals surface area contributed by atoms with E-state index in [1.165, 1.54) is 6.07 Å².